The van der Waals surface area contributed by atoms with E-state index in [1.54, 1.807) is 19.2 Å². The second kappa shape index (κ2) is 3.27. The first kappa shape index (κ1) is 9.27. The van der Waals surface area contributed by atoms with Crippen molar-refractivity contribution in [1.82, 2.24) is 10.2 Å². The molecule has 80 valence electrons. The van der Waals surface area contributed by atoms with Gasteiger partial charge in [0.15, 0.2) is 0 Å². The highest BCUT2D eigenvalue weighted by Crippen LogP contribution is 2.35. The van der Waals surface area contributed by atoms with Crippen LogP contribution in [0, 0.1) is 5.82 Å². The molecule has 1 aromatic carbocycles. The van der Waals surface area contributed by atoms with Crippen LogP contribution in [-0.4, -0.2) is 17.2 Å². The van der Waals surface area contributed by atoms with Gasteiger partial charge in [-0.1, -0.05) is 0 Å². The van der Waals surface area contributed by atoms with Crippen LogP contribution in [0.15, 0.2) is 24.3 Å². The van der Waals surface area contributed by atoms with Crippen LogP contribution in [0.1, 0.15) is 11.1 Å². The highest BCUT2D eigenvalue weighted by Gasteiger charge is 2.21. The highest BCUT2D eigenvalue weighted by atomic mass is 19.1. The van der Waals surface area contributed by atoms with E-state index >= 15 is 0 Å². The first-order valence-electron chi connectivity index (χ1n) is 5.11. The third-order valence-corrected chi connectivity index (χ3v) is 2.83. The molecule has 16 heavy (non-hydrogen) atoms. The molecule has 4 heteroatoms. The molecule has 3 nitrogen and oxygen atoms in total. The second-order valence-corrected chi connectivity index (χ2v) is 3.83. The van der Waals surface area contributed by atoms with Crippen LogP contribution in [-0.2, 0) is 6.42 Å². The molecule has 3 rings (SSSR count). The lowest BCUT2D eigenvalue weighted by Gasteiger charge is -2.01. The number of aromatic nitrogens is 2. The van der Waals surface area contributed by atoms with Gasteiger partial charge in [0.1, 0.15) is 11.6 Å². The molecule has 1 aliphatic rings. The van der Waals surface area contributed by atoms with Gasteiger partial charge in [-0.25, -0.2) is 4.39 Å². The number of fused-ring (bicyclic) bond motifs is 3. The molecule has 0 spiro atoms. The molecule has 1 aliphatic carbocycles. The summed E-state index contributed by atoms with van der Waals surface area (Å²) in [6, 6.07) is 6.75. The van der Waals surface area contributed by atoms with E-state index in [1.807, 2.05) is 6.07 Å². The van der Waals surface area contributed by atoms with Gasteiger partial charge in [0.25, 0.3) is 0 Å². The van der Waals surface area contributed by atoms with E-state index in [-0.39, 0.29) is 5.82 Å². The lowest BCUT2D eigenvalue weighted by molar-refractivity contribution is 0.626. The Kier molecular flexibility index (Phi) is 1.89. The topological polar surface area (TPSA) is 37.8 Å². The van der Waals surface area contributed by atoms with Gasteiger partial charge in [-0.05, 0) is 35.4 Å². The van der Waals surface area contributed by atoms with Crippen molar-refractivity contribution >= 4 is 5.82 Å². The van der Waals surface area contributed by atoms with Crippen LogP contribution in [0.25, 0.3) is 11.3 Å². The first-order valence-corrected chi connectivity index (χ1v) is 5.11. The van der Waals surface area contributed by atoms with Crippen molar-refractivity contribution in [2.75, 3.05) is 12.4 Å². The van der Waals surface area contributed by atoms with E-state index in [2.05, 4.69) is 15.5 Å². The van der Waals surface area contributed by atoms with Crippen LogP contribution in [0.4, 0.5) is 10.2 Å². The highest BCUT2D eigenvalue weighted by molar-refractivity contribution is 5.73. The van der Waals surface area contributed by atoms with Gasteiger partial charge in [0, 0.05) is 19.0 Å². The Morgan fingerprint density at radius 3 is 2.88 bits per heavy atom. The lowest BCUT2D eigenvalue weighted by Crippen LogP contribution is -1.96. The molecule has 1 aromatic heterocycles. The Morgan fingerprint density at radius 2 is 2.06 bits per heavy atom. The SMILES string of the molecule is CNc1cc2c(nn1)-c1ccc(F)cc1C2. The average molecular weight is 215 g/mol. The van der Waals surface area contributed by atoms with Crippen LogP contribution in [0.2, 0.25) is 0 Å². The maximum Gasteiger partial charge on any atom is 0.148 e. The molecule has 0 amide bonds. The van der Waals surface area contributed by atoms with Crippen LogP contribution < -0.4 is 5.32 Å². The maximum absolute atomic E-state index is 13.1. The van der Waals surface area contributed by atoms with Gasteiger partial charge in [-0.3, -0.25) is 0 Å². The van der Waals surface area contributed by atoms with Gasteiger partial charge in [0.05, 0.1) is 5.69 Å². The smallest absolute Gasteiger partial charge is 0.148 e. The number of halogens is 1. The fraction of sp³-hybridized carbons (Fsp3) is 0.167. The average Bonchev–Trinajstić information content (AvgIpc) is 2.64. The fourth-order valence-electron chi connectivity index (χ4n) is 2.06. The summed E-state index contributed by atoms with van der Waals surface area (Å²) >= 11 is 0. The molecule has 0 atom stereocenters. The van der Waals surface area contributed by atoms with E-state index in [0.29, 0.717) is 0 Å². The Hall–Kier alpha value is -1.97. The molecule has 1 heterocycles. The first-order chi connectivity index (χ1) is 7.78. The molecule has 0 aliphatic heterocycles. The zero-order valence-electron chi connectivity index (χ0n) is 8.79. The van der Waals surface area contributed by atoms with Gasteiger partial charge in [-0.2, -0.15) is 0 Å². The van der Waals surface area contributed by atoms with Gasteiger partial charge >= 0.3 is 0 Å². The predicted octanol–water partition coefficient (Wildman–Crippen LogP) is 2.23. The summed E-state index contributed by atoms with van der Waals surface area (Å²) in [6.07, 6.45) is 0.729. The van der Waals surface area contributed by atoms with Crippen molar-refractivity contribution in [3.05, 3.63) is 41.2 Å². The standard InChI is InChI=1S/C12H10FN3/c1-14-11-6-8-4-7-5-9(13)2-3-10(7)12(8)16-15-11/h2-3,5-6H,4H2,1H3,(H,14,15). The molecule has 0 bridgehead atoms. The number of nitrogens with one attached hydrogen (secondary N) is 1. The quantitative estimate of drug-likeness (QED) is 0.676. The van der Waals surface area contributed by atoms with Crippen LogP contribution >= 0.6 is 0 Å². The summed E-state index contributed by atoms with van der Waals surface area (Å²) in [5.41, 5.74) is 3.94. The third-order valence-electron chi connectivity index (χ3n) is 2.83. The monoisotopic (exact) mass is 215 g/mol. The number of anilines is 1. The van der Waals surface area contributed by atoms with E-state index in [0.717, 1.165) is 34.6 Å². The van der Waals surface area contributed by atoms with E-state index in [4.69, 9.17) is 0 Å². The molecule has 0 saturated carbocycles. The van der Waals surface area contributed by atoms with Gasteiger partial charge in [0.2, 0.25) is 0 Å². The zero-order valence-corrected chi connectivity index (χ0v) is 8.79. The molecular formula is C12H10FN3. The minimum atomic E-state index is -0.201. The summed E-state index contributed by atoms with van der Waals surface area (Å²) < 4.78 is 13.1. The number of nitrogens with zero attached hydrogens (tertiary/aromatic N) is 2. The zero-order chi connectivity index (χ0) is 11.1. The number of hydrogen-bond acceptors (Lipinski definition) is 3. The van der Waals surface area contributed by atoms with Crippen LogP contribution in [0.3, 0.4) is 0 Å². The van der Waals surface area contributed by atoms with E-state index in [9.17, 15) is 4.39 Å². The number of hydrogen-bond donors (Lipinski definition) is 1. The van der Waals surface area contributed by atoms with E-state index < -0.39 is 0 Å². The molecule has 0 radical (unpaired) electrons. The van der Waals surface area contributed by atoms with Gasteiger partial charge < -0.3 is 5.32 Å². The van der Waals surface area contributed by atoms with Crippen LogP contribution in [0.5, 0.6) is 0 Å². The Morgan fingerprint density at radius 1 is 1.19 bits per heavy atom. The Labute approximate surface area is 92.3 Å². The second-order valence-electron chi connectivity index (χ2n) is 3.83. The molecule has 0 fully saturated rings. The third kappa shape index (κ3) is 1.26. The van der Waals surface area contributed by atoms with Crippen molar-refractivity contribution in [3.8, 4) is 11.3 Å². The molecular weight excluding hydrogens is 205 g/mol. The summed E-state index contributed by atoms with van der Waals surface area (Å²) in [4.78, 5) is 0. The maximum atomic E-state index is 13.1. The molecule has 0 unspecified atom stereocenters. The van der Waals surface area contributed by atoms with Crippen molar-refractivity contribution in [2.24, 2.45) is 0 Å². The molecule has 2 aromatic rings. The summed E-state index contributed by atoms with van der Waals surface area (Å²) in [6.45, 7) is 0. The van der Waals surface area contributed by atoms with Crippen molar-refractivity contribution < 1.29 is 4.39 Å². The van der Waals surface area contributed by atoms with Gasteiger partial charge in [-0.15, -0.1) is 10.2 Å². The molecule has 0 saturated heterocycles. The predicted molar refractivity (Wildman–Crippen MR) is 59.8 cm³/mol. The van der Waals surface area contributed by atoms with Crippen molar-refractivity contribution in [1.29, 1.82) is 0 Å². The fourth-order valence-corrected chi connectivity index (χ4v) is 2.06. The minimum absolute atomic E-state index is 0.201. The number of benzene rings is 1. The summed E-state index contributed by atoms with van der Waals surface area (Å²) in [7, 11) is 1.80. The largest absolute Gasteiger partial charge is 0.372 e. The Bertz CT molecular complexity index is 566. The Balaban J connectivity index is 2.16. The molecule has 1 N–H and O–H groups in total. The summed E-state index contributed by atoms with van der Waals surface area (Å²) in [5.74, 6) is 0.542. The van der Waals surface area contributed by atoms with E-state index in [1.165, 1.54) is 6.07 Å². The minimum Gasteiger partial charge on any atom is -0.372 e. The number of rotatable bonds is 1. The van der Waals surface area contributed by atoms with Crippen molar-refractivity contribution in [3.63, 3.8) is 0 Å². The lowest BCUT2D eigenvalue weighted by atomic mass is 10.1. The van der Waals surface area contributed by atoms with Crippen molar-refractivity contribution in [2.45, 2.75) is 6.42 Å². The normalized spacial score (nSPS) is 12.1. The summed E-state index contributed by atoms with van der Waals surface area (Å²) in [5, 5.41) is 11.1.